The second-order valence-electron chi connectivity index (χ2n) is 4.25. The van der Waals surface area contributed by atoms with Crippen molar-refractivity contribution in [3.05, 3.63) is 35.1 Å². The molecule has 1 aliphatic heterocycles. The molecular formula is C12H15F3N2O. The SMILES string of the molecule is OC[C@H](c1ccc(F)c(F)c1F)N1CCNCC1. The predicted octanol–water partition coefficient (Wildman–Crippen LogP) is 1.04. The number of rotatable bonds is 3. The minimum absolute atomic E-state index is 0.00157. The molecule has 1 atom stereocenters. The number of piperazine rings is 1. The number of benzene rings is 1. The van der Waals surface area contributed by atoms with Crippen molar-refractivity contribution in [2.45, 2.75) is 6.04 Å². The van der Waals surface area contributed by atoms with E-state index in [4.69, 9.17) is 0 Å². The Morgan fingerprint density at radius 1 is 1.17 bits per heavy atom. The quantitative estimate of drug-likeness (QED) is 0.797. The summed E-state index contributed by atoms with van der Waals surface area (Å²) in [6.07, 6.45) is 0. The second-order valence-corrected chi connectivity index (χ2v) is 4.25. The number of hydrogen-bond donors (Lipinski definition) is 2. The molecule has 0 radical (unpaired) electrons. The van der Waals surface area contributed by atoms with Crippen LogP contribution in [0.1, 0.15) is 11.6 Å². The molecule has 100 valence electrons. The monoisotopic (exact) mass is 260 g/mol. The van der Waals surface area contributed by atoms with Crippen LogP contribution in [-0.2, 0) is 0 Å². The molecule has 1 saturated heterocycles. The summed E-state index contributed by atoms with van der Waals surface area (Å²) in [5.41, 5.74) is -0.00157. The molecule has 1 heterocycles. The standard InChI is InChI=1S/C12H15F3N2O/c13-9-2-1-8(11(14)12(9)15)10(7-18)17-5-3-16-4-6-17/h1-2,10,16,18H,3-7H2/t10-/m1/s1. The minimum Gasteiger partial charge on any atom is -0.394 e. The van der Waals surface area contributed by atoms with Crippen molar-refractivity contribution in [2.75, 3.05) is 32.8 Å². The van der Waals surface area contributed by atoms with Crippen LogP contribution >= 0.6 is 0 Å². The van der Waals surface area contributed by atoms with Crippen LogP contribution in [0.2, 0.25) is 0 Å². The molecule has 0 aliphatic carbocycles. The Hall–Kier alpha value is -1.11. The second kappa shape index (κ2) is 5.69. The summed E-state index contributed by atoms with van der Waals surface area (Å²) in [4.78, 5) is 1.85. The fraction of sp³-hybridized carbons (Fsp3) is 0.500. The summed E-state index contributed by atoms with van der Waals surface area (Å²) in [5, 5.41) is 12.5. The lowest BCUT2D eigenvalue weighted by atomic mass is 10.0. The van der Waals surface area contributed by atoms with Crippen LogP contribution in [-0.4, -0.2) is 42.8 Å². The van der Waals surface area contributed by atoms with Gasteiger partial charge in [-0.3, -0.25) is 4.90 Å². The normalized spacial score (nSPS) is 18.9. The van der Waals surface area contributed by atoms with Gasteiger partial charge < -0.3 is 10.4 Å². The third-order valence-corrected chi connectivity index (χ3v) is 3.19. The maximum absolute atomic E-state index is 13.7. The van der Waals surface area contributed by atoms with Gasteiger partial charge in [-0.15, -0.1) is 0 Å². The maximum atomic E-state index is 13.7. The van der Waals surface area contributed by atoms with Crippen molar-refractivity contribution in [2.24, 2.45) is 0 Å². The van der Waals surface area contributed by atoms with Gasteiger partial charge in [-0.1, -0.05) is 6.07 Å². The smallest absolute Gasteiger partial charge is 0.194 e. The first kappa shape index (κ1) is 13.3. The van der Waals surface area contributed by atoms with E-state index >= 15 is 0 Å². The summed E-state index contributed by atoms with van der Waals surface area (Å²) < 4.78 is 39.7. The van der Waals surface area contributed by atoms with Crippen molar-refractivity contribution in [1.29, 1.82) is 0 Å². The Morgan fingerprint density at radius 2 is 1.83 bits per heavy atom. The van der Waals surface area contributed by atoms with E-state index in [0.29, 0.717) is 13.1 Å². The van der Waals surface area contributed by atoms with Crippen LogP contribution in [0.3, 0.4) is 0 Å². The molecule has 1 aromatic rings. The van der Waals surface area contributed by atoms with Crippen LogP contribution in [0, 0.1) is 17.5 Å². The number of hydrogen-bond acceptors (Lipinski definition) is 3. The highest BCUT2D eigenvalue weighted by atomic mass is 19.2. The number of halogens is 3. The zero-order valence-electron chi connectivity index (χ0n) is 9.80. The lowest BCUT2D eigenvalue weighted by molar-refractivity contribution is 0.107. The molecule has 2 N–H and O–H groups in total. The average molecular weight is 260 g/mol. The van der Waals surface area contributed by atoms with Crippen molar-refractivity contribution in [1.82, 2.24) is 10.2 Å². The van der Waals surface area contributed by atoms with Gasteiger partial charge in [0.25, 0.3) is 0 Å². The van der Waals surface area contributed by atoms with Crippen LogP contribution in [0.15, 0.2) is 12.1 Å². The van der Waals surface area contributed by atoms with E-state index in [1.54, 1.807) is 0 Å². The van der Waals surface area contributed by atoms with Gasteiger partial charge in [0.05, 0.1) is 12.6 Å². The molecule has 0 spiro atoms. The molecule has 3 nitrogen and oxygen atoms in total. The van der Waals surface area contributed by atoms with Gasteiger partial charge in [-0.25, -0.2) is 13.2 Å². The minimum atomic E-state index is -1.49. The van der Waals surface area contributed by atoms with E-state index < -0.39 is 23.5 Å². The summed E-state index contributed by atoms with van der Waals surface area (Å²) in [5.74, 6) is -3.91. The lowest BCUT2D eigenvalue weighted by Gasteiger charge is -2.34. The van der Waals surface area contributed by atoms with Gasteiger partial charge in [-0.05, 0) is 6.07 Å². The van der Waals surface area contributed by atoms with Gasteiger partial charge in [0.1, 0.15) is 0 Å². The summed E-state index contributed by atoms with van der Waals surface area (Å²) in [6.45, 7) is 2.37. The molecule has 0 saturated carbocycles. The summed E-state index contributed by atoms with van der Waals surface area (Å²) in [6, 6.07) is 1.44. The van der Waals surface area contributed by atoms with Crippen molar-refractivity contribution in [3.8, 4) is 0 Å². The van der Waals surface area contributed by atoms with Gasteiger partial charge in [0.15, 0.2) is 17.5 Å². The highest BCUT2D eigenvalue weighted by molar-refractivity contribution is 5.24. The fourth-order valence-electron chi connectivity index (χ4n) is 2.20. The lowest BCUT2D eigenvalue weighted by Crippen LogP contribution is -2.46. The molecule has 1 aliphatic rings. The molecule has 2 rings (SSSR count). The first-order chi connectivity index (χ1) is 8.65. The largest absolute Gasteiger partial charge is 0.394 e. The average Bonchev–Trinajstić information content (AvgIpc) is 2.41. The Morgan fingerprint density at radius 3 is 2.44 bits per heavy atom. The van der Waals surface area contributed by atoms with E-state index in [1.807, 2.05) is 4.90 Å². The zero-order valence-corrected chi connectivity index (χ0v) is 9.80. The van der Waals surface area contributed by atoms with Crippen molar-refractivity contribution < 1.29 is 18.3 Å². The third-order valence-electron chi connectivity index (χ3n) is 3.19. The topological polar surface area (TPSA) is 35.5 Å². The van der Waals surface area contributed by atoms with E-state index in [1.165, 1.54) is 6.07 Å². The summed E-state index contributed by atoms with van der Waals surface area (Å²) >= 11 is 0. The molecule has 0 unspecified atom stereocenters. The molecule has 0 bridgehead atoms. The molecular weight excluding hydrogens is 245 g/mol. The van der Waals surface area contributed by atoms with E-state index in [2.05, 4.69) is 5.32 Å². The molecule has 0 aromatic heterocycles. The van der Waals surface area contributed by atoms with Crippen LogP contribution < -0.4 is 5.32 Å². The molecule has 18 heavy (non-hydrogen) atoms. The van der Waals surface area contributed by atoms with E-state index in [-0.39, 0.29) is 12.2 Å². The number of nitrogens with zero attached hydrogens (tertiary/aromatic N) is 1. The predicted molar refractivity (Wildman–Crippen MR) is 60.6 cm³/mol. The first-order valence-electron chi connectivity index (χ1n) is 5.84. The number of nitrogens with one attached hydrogen (secondary N) is 1. The Labute approximate surface area is 103 Å². The van der Waals surface area contributed by atoms with E-state index in [9.17, 15) is 18.3 Å². The van der Waals surface area contributed by atoms with Crippen molar-refractivity contribution >= 4 is 0 Å². The Balaban J connectivity index is 2.29. The third kappa shape index (κ3) is 2.50. The highest BCUT2D eigenvalue weighted by Crippen LogP contribution is 2.26. The molecule has 0 amide bonds. The van der Waals surface area contributed by atoms with E-state index in [0.717, 1.165) is 19.2 Å². The number of aliphatic hydroxyl groups excluding tert-OH is 1. The van der Waals surface area contributed by atoms with Gasteiger partial charge in [0, 0.05) is 31.7 Å². The molecule has 1 aromatic carbocycles. The van der Waals surface area contributed by atoms with Crippen LogP contribution in [0.4, 0.5) is 13.2 Å². The summed E-state index contributed by atoms with van der Waals surface area (Å²) in [7, 11) is 0. The molecule has 1 fully saturated rings. The molecule has 6 heteroatoms. The van der Waals surface area contributed by atoms with Crippen LogP contribution in [0.25, 0.3) is 0 Å². The maximum Gasteiger partial charge on any atom is 0.194 e. The van der Waals surface area contributed by atoms with Gasteiger partial charge in [-0.2, -0.15) is 0 Å². The Kier molecular flexibility index (Phi) is 4.21. The first-order valence-corrected chi connectivity index (χ1v) is 5.84. The zero-order chi connectivity index (χ0) is 13.1. The van der Waals surface area contributed by atoms with Crippen LogP contribution in [0.5, 0.6) is 0 Å². The van der Waals surface area contributed by atoms with Gasteiger partial charge >= 0.3 is 0 Å². The van der Waals surface area contributed by atoms with Gasteiger partial charge in [0.2, 0.25) is 0 Å². The number of aliphatic hydroxyl groups is 1. The Bertz CT molecular complexity index is 422. The highest BCUT2D eigenvalue weighted by Gasteiger charge is 2.26. The fourth-order valence-corrected chi connectivity index (χ4v) is 2.20. The van der Waals surface area contributed by atoms with Crippen molar-refractivity contribution in [3.63, 3.8) is 0 Å².